The van der Waals surface area contributed by atoms with E-state index in [0.29, 0.717) is 17.8 Å². The zero-order valence-corrected chi connectivity index (χ0v) is 20.8. The molecule has 2 heterocycles. The molecule has 180 valence electrons. The van der Waals surface area contributed by atoms with Gasteiger partial charge in [-0.25, -0.2) is 4.90 Å². The zero-order valence-electron chi connectivity index (χ0n) is 20.8. The van der Waals surface area contributed by atoms with E-state index in [2.05, 4.69) is 0 Å². The lowest BCUT2D eigenvalue weighted by Crippen LogP contribution is -2.35. The van der Waals surface area contributed by atoms with E-state index in [4.69, 9.17) is 0 Å². The highest BCUT2D eigenvalue weighted by Crippen LogP contribution is 2.47. The van der Waals surface area contributed by atoms with Crippen molar-refractivity contribution in [3.8, 4) is 0 Å². The van der Waals surface area contributed by atoms with E-state index in [1.165, 1.54) is 9.80 Å². The number of aryl methyl sites for hydroxylation is 2. The van der Waals surface area contributed by atoms with Gasteiger partial charge in [-0.3, -0.25) is 24.1 Å². The summed E-state index contributed by atoms with van der Waals surface area (Å²) in [6.07, 6.45) is 2.46. The monoisotopic (exact) mass is 470 g/mol. The first kappa shape index (κ1) is 23.2. The molecule has 2 aromatic carbocycles. The molecule has 2 fully saturated rings. The fourth-order valence-corrected chi connectivity index (χ4v) is 6.00. The molecule has 0 bridgehead atoms. The van der Waals surface area contributed by atoms with E-state index in [0.717, 1.165) is 27.8 Å². The lowest BCUT2D eigenvalue weighted by molar-refractivity contribution is -0.125. The Kier molecular flexibility index (Phi) is 5.50. The average molecular weight is 471 g/mol. The fourth-order valence-electron chi connectivity index (χ4n) is 6.00. The lowest BCUT2D eigenvalue weighted by atomic mass is 9.71. The molecule has 0 aromatic heterocycles. The van der Waals surface area contributed by atoms with Crippen molar-refractivity contribution in [3.63, 3.8) is 0 Å². The van der Waals surface area contributed by atoms with Crippen LogP contribution in [0.5, 0.6) is 0 Å². The van der Waals surface area contributed by atoms with Crippen molar-refractivity contribution in [2.45, 2.75) is 47.5 Å². The minimum Gasteiger partial charge on any atom is -0.274 e. The van der Waals surface area contributed by atoms with Gasteiger partial charge in [0, 0.05) is 6.42 Å². The van der Waals surface area contributed by atoms with Gasteiger partial charge in [0.2, 0.25) is 23.6 Å². The normalized spacial score (nSPS) is 26.5. The zero-order chi connectivity index (χ0) is 25.2. The van der Waals surface area contributed by atoms with E-state index >= 15 is 0 Å². The smallest absolute Gasteiger partial charge is 0.241 e. The van der Waals surface area contributed by atoms with Crippen LogP contribution in [0.4, 0.5) is 11.4 Å². The molecule has 1 aliphatic carbocycles. The second-order valence-corrected chi connectivity index (χ2v) is 10.2. The first-order valence-electron chi connectivity index (χ1n) is 12.2. The Morgan fingerprint density at radius 2 is 1.23 bits per heavy atom. The summed E-state index contributed by atoms with van der Waals surface area (Å²) >= 11 is 0. The van der Waals surface area contributed by atoms with E-state index < -0.39 is 17.8 Å². The summed E-state index contributed by atoms with van der Waals surface area (Å²) in [6, 6.07) is 11.2. The number of carbonyl (C=O) groups is 4. The molecule has 0 saturated carbocycles. The second kappa shape index (κ2) is 8.29. The summed E-state index contributed by atoms with van der Waals surface area (Å²) in [5.74, 6) is -2.68. The fraction of sp³-hybridized carbons (Fsp3) is 0.379. The van der Waals surface area contributed by atoms with Gasteiger partial charge in [0.05, 0.1) is 29.1 Å². The van der Waals surface area contributed by atoms with Crippen molar-refractivity contribution in [2.24, 2.45) is 23.7 Å². The summed E-state index contributed by atoms with van der Waals surface area (Å²) < 4.78 is 0. The average Bonchev–Trinajstić information content (AvgIpc) is 3.25. The molecule has 5 rings (SSSR count). The Balaban J connectivity index is 1.45. The molecule has 2 saturated heterocycles. The first-order valence-corrected chi connectivity index (χ1v) is 12.2. The second-order valence-electron chi connectivity index (χ2n) is 10.2. The molecule has 0 spiro atoms. The quantitative estimate of drug-likeness (QED) is 0.486. The van der Waals surface area contributed by atoms with Crippen LogP contribution in [0.25, 0.3) is 0 Å². The summed E-state index contributed by atoms with van der Waals surface area (Å²) in [6.45, 7) is 9.62. The SMILES string of the molecule is CC1=C[C@H]([C@@H]2CC(=O)N(c3cccc(C)c3C)C2=O)C[C@@H]2C(=O)N(c3cccc(C)c3C)C(=O)[C@H]12. The molecule has 35 heavy (non-hydrogen) atoms. The predicted octanol–water partition coefficient (Wildman–Crippen LogP) is 4.57. The number of amides is 4. The van der Waals surface area contributed by atoms with Gasteiger partial charge < -0.3 is 0 Å². The molecule has 0 N–H and O–H groups in total. The number of benzene rings is 2. The number of imide groups is 2. The maximum atomic E-state index is 13.5. The number of carbonyl (C=O) groups excluding carboxylic acids is 4. The van der Waals surface area contributed by atoms with Crippen molar-refractivity contribution < 1.29 is 19.2 Å². The third-order valence-electron chi connectivity index (χ3n) is 8.25. The standard InChI is InChI=1S/C29H30N2O4/c1-15-8-6-10-23(18(15)4)30-25(32)14-21(27(30)33)20-12-17(3)26-22(13-20)28(34)31(29(26)35)24-11-7-9-16(2)19(24)5/h6-12,20-22,26H,13-14H2,1-5H3/t20-,21-,22-,26+/m0/s1. The van der Waals surface area contributed by atoms with Crippen LogP contribution in [0, 0.1) is 51.4 Å². The van der Waals surface area contributed by atoms with Gasteiger partial charge in [0.25, 0.3) is 0 Å². The highest BCUT2D eigenvalue weighted by molar-refractivity contribution is 6.24. The number of anilines is 2. The van der Waals surface area contributed by atoms with Crippen LogP contribution in [0.3, 0.4) is 0 Å². The summed E-state index contributed by atoms with van der Waals surface area (Å²) in [5.41, 5.74) is 5.92. The van der Waals surface area contributed by atoms with Gasteiger partial charge in [0.15, 0.2) is 0 Å². The number of hydrogen-bond acceptors (Lipinski definition) is 4. The molecule has 6 heteroatoms. The molecule has 4 atom stereocenters. The van der Waals surface area contributed by atoms with Crippen molar-refractivity contribution in [2.75, 3.05) is 9.80 Å². The molecule has 3 aliphatic rings. The van der Waals surface area contributed by atoms with Gasteiger partial charge in [-0.05, 0) is 81.3 Å². The van der Waals surface area contributed by atoms with Crippen LogP contribution in [0.15, 0.2) is 48.0 Å². The Labute approximate surface area is 205 Å². The van der Waals surface area contributed by atoms with Gasteiger partial charge in [0.1, 0.15) is 0 Å². The van der Waals surface area contributed by atoms with Gasteiger partial charge in [-0.15, -0.1) is 0 Å². The predicted molar refractivity (Wildman–Crippen MR) is 134 cm³/mol. The van der Waals surface area contributed by atoms with Crippen LogP contribution >= 0.6 is 0 Å². The van der Waals surface area contributed by atoms with Crippen molar-refractivity contribution >= 4 is 35.0 Å². The van der Waals surface area contributed by atoms with E-state index in [9.17, 15) is 19.2 Å². The number of fused-ring (bicyclic) bond motifs is 1. The molecule has 6 nitrogen and oxygen atoms in total. The van der Waals surface area contributed by atoms with E-state index in [1.807, 2.05) is 71.0 Å². The summed E-state index contributed by atoms with van der Waals surface area (Å²) in [4.78, 5) is 56.1. The topological polar surface area (TPSA) is 74.8 Å². The Hall–Kier alpha value is -3.54. The van der Waals surface area contributed by atoms with Crippen LogP contribution in [0.2, 0.25) is 0 Å². The molecule has 2 aliphatic heterocycles. The molecule has 0 radical (unpaired) electrons. The van der Waals surface area contributed by atoms with E-state index in [-0.39, 0.29) is 36.0 Å². The number of nitrogens with zero attached hydrogens (tertiary/aromatic N) is 2. The summed E-state index contributed by atoms with van der Waals surface area (Å²) in [5, 5.41) is 0. The molecule has 0 unspecified atom stereocenters. The maximum Gasteiger partial charge on any atom is 0.241 e. The Morgan fingerprint density at radius 3 is 1.83 bits per heavy atom. The number of rotatable bonds is 3. The number of hydrogen-bond donors (Lipinski definition) is 0. The lowest BCUT2D eigenvalue weighted by Gasteiger charge is -2.30. The van der Waals surface area contributed by atoms with Crippen molar-refractivity contribution in [1.82, 2.24) is 0 Å². The Morgan fingerprint density at radius 1 is 0.686 bits per heavy atom. The summed E-state index contributed by atoms with van der Waals surface area (Å²) in [7, 11) is 0. The van der Waals surface area contributed by atoms with Crippen LogP contribution < -0.4 is 9.80 Å². The van der Waals surface area contributed by atoms with Crippen molar-refractivity contribution in [3.05, 3.63) is 70.3 Å². The highest BCUT2D eigenvalue weighted by atomic mass is 16.2. The number of allylic oxidation sites excluding steroid dienone is 1. The van der Waals surface area contributed by atoms with Crippen molar-refractivity contribution in [1.29, 1.82) is 0 Å². The van der Waals surface area contributed by atoms with Crippen LogP contribution in [0.1, 0.15) is 42.0 Å². The Bertz CT molecular complexity index is 1320. The molecule has 4 amide bonds. The minimum absolute atomic E-state index is 0.112. The molecular weight excluding hydrogens is 440 g/mol. The largest absolute Gasteiger partial charge is 0.274 e. The third kappa shape index (κ3) is 3.46. The van der Waals surface area contributed by atoms with Gasteiger partial charge >= 0.3 is 0 Å². The first-order chi connectivity index (χ1) is 16.6. The van der Waals surface area contributed by atoms with Crippen LogP contribution in [-0.4, -0.2) is 23.6 Å². The third-order valence-corrected chi connectivity index (χ3v) is 8.25. The van der Waals surface area contributed by atoms with Gasteiger partial charge in [-0.2, -0.15) is 0 Å². The van der Waals surface area contributed by atoms with Gasteiger partial charge in [-0.1, -0.05) is 35.9 Å². The molecule has 2 aromatic rings. The highest BCUT2D eigenvalue weighted by Gasteiger charge is 2.54. The molecular formula is C29H30N2O4. The van der Waals surface area contributed by atoms with Crippen LogP contribution in [-0.2, 0) is 19.2 Å². The maximum absolute atomic E-state index is 13.5. The van der Waals surface area contributed by atoms with E-state index in [1.54, 1.807) is 6.07 Å². The minimum atomic E-state index is -0.532.